The second-order valence-corrected chi connectivity index (χ2v) is 9.48. The standard InChI is InChI=1S/C28H25F3N4O4/c1-34-15-16-4-3-5-22(24(16)27(34)36)39-25-19-13-21(33-26(19)32-14-20(25)28(29,30)31)18-7-6-17(12-23(18)37-2)35-8-10-38-11-9-35/h3-7,12-14H,8-11,15H2,1-2H3,(H,32,33). The molecule has 2 aromatic carbocycles. The highest BCUT2D eigenvalue weighted by molar-refractivity contribution is 6.01. The Kier molecular flexibility index (Phi) is 6.10. The summed E-state index contributed by atoms with van der Waals surface area (Å²) in [7, 11) is 3.18. The second kappa shape index (κ2) is 9.49. The fraction of sp³-hybridized carbons (Fsp3) is 0.286. The molecule has 202 valence electrons. The number of halogens is 3. The van der Waals surface area contributed by atoms with E-state index in [9.17, 15) is 18.0 Å². The van der Waals surface area contributed by atoms with E-state index in [0.717, 1.165) is 25.0 Å². The molecular weight excluding hydrogens is 513 g/mol. The number of alkyl halides is 3. The highest BCUT2D eigenvalue weighted by Crippen LogP contribution is 2.45. The number of aromatic amines is 1. The minimum absolute atomic E-state index is 0.0649. The maximum Gasteiger partial charge on any atom is 0.421 e. The van der Waals surface area contributed by atoms with Gasteiger partial charge in [-0.25, -0.2) is 4.98 Å². The number of methoxy groups -OCH3 is 1. The van der Waals surface area contributed by atoms with Crippen LogP contribution in [0.1, 0.15) is 21.5 Å². The maximum atomic E-state index is 14.1. The fourth-order valence-electron chi connectivity index (χ4n) is 5.09. The third-order valence-corrected chi connectivity index (χ3v) is 7.06. The molecule has 1 N–H and O–H groups in total. The van der Waals surface area contributed by atoms with Crippen LogP contribution in [0.15, 0.2) is 48.7 Å². The molecule has 1 fully saturated rings. The number of H-pyrrole nitrogens is 1. The van der Waals surface area contributed by atoms with Crippen molar-refractivity contribution >= 4 is 22.6 Å². The molecule has 0 atom stereocenters. The van der Waals surface area contributed by atoms with Gasteiger partial charge in [-0.1, -0.05) is 12.1 Å². The molecule has 8 nitrogen and oxygen atoms in total. The Morgan fingerprint density at radius 3 is 2.62 bits per heavy atom. The number of morpholine rings is 1. The van der Waals surface area contributed by atoms with Crippen LogP contribution < -0.4 is 14.4 Å². The number of nitrogens with one attached hydrogen (secondary N) is 1. The van der Waals surface area contributed by atoms with Crippen molar-refractivity contribution in [2.24, 2.45) is 0 Å². The lowest BCUT2D eigenvalue weighted by Crippen LogP contribution is -2.36. The molecular formula is C28H25F3N4O4. The van der Waals surface area contributed by atoms with Crippen molar-refractivity contribution in [1.29, 1.82) is 0 Å². The van der Waals surface area contributed by atoms with Crippen molar-refractivity contribution in [3.05, 3.63) is 65.4 Å². The zero-order chi connectivity index (χ0) is 27.3. The molecule has 0 saturated carbocycles. The zero-order valence-corrected chi connectivity index (χ0v) is 21.3. The van der Waals surface area contributed by atoms with Crippen LogP contribution in [0.5, 0.6) is 17.2 Å². The van der Waals surface area contributed by atoms with Crippen LogP contribution >= 0.6 is 0 Å². The molecule has 0 bridgehead atoms. The number of carbonyl (C=O) groups excluding carboxylic acids is 1. The van der Waals surface area contributed by atoms with Gasteiger partial charge in [-0.3, -0.25) is 4.79 Å². The Labute approximate surface area is 221 Å². The number of hydrogen-bond acceptors (Lipinski definition) is 6. The largest absolute Gasteiger partial charge is 0.496 e. The van der Waals surface area contributed by atoms with E-state index < -0.39 is 17.5 Å². The molecule has 0 spiro atoms. The van der Waals surface area contributed by atoms with Crippen molar-refractivity contribution < 1.29 is 32.2 Å². The highest BCUT2D eigenvalue weighted by atomic mass is 19.4. The quantitative estimate of drug-likeness (QED) is 0.363. The molecule has 2 aromatic heterocycles. The molecule has 2 aliphatic heterocycles. The number of ether oxygens (including phenoxy) is 3. The van der Waals surface area contributed by atoms with Crippen molar-refractivity contribution in [3.63, 3.8) is 0 Å². The second-order valence-electron chi connectivity index (χ2n) is 9.48. The number of amides is 1. The first-order chi connectivity index (χ1) is 18.7. The Bertz CT molecular complexity index is 1580. The van der Waals surface area contributed by atoms with Crippen LogP contribution in [0, 0.1) is 0 Å². The van der Waals surface area contributed by atoms with Gasteiger partial charge in [-0.15, -0.1) is 0 Å². The van der Waals surface area contributed by atoms with Gasteiger partial charge in [0.05, 0.1) is 37.0 Å². The minimum atomic E-state index is -4.73. The number of carbonyl (C=O) groups is 1. The molecule has 2 aliphatic rings. The van der Waals surface area contributed by atoms with Gasteiger partial charge in [-0.05, 0) is 29.8 Å². The Hall–Kier alpha value is -4.25. The summed E-state index contributed by atoms with van der Waals surface area (Å²) in [5.74, 6) is -0.109. The Balaban J connectivity index is 1.45. The summed E-state index contributed by atoms with van der Waals surface area (Å²) in [5, 5.41) is 0.135. The Morgan fingerprint density at radius 1 is 1.08 bits per heavy atom. The van der Waals surface area contributed by atoms with Crippen LogP contribution in [-0.4, -0.2) is 61.2 Å². The lowest BCUT2D eigenvalue weighted by molar-refractivity contribution is -0.138. The molecule has 4 heterocycles. The number of aromatic nitrogens is 2. The SMILES string of the molecule is COc1cc(N2CCOCC2)ccc1-c1cc2c(Oc3cccc4c3C(=O)N(C)C4)c(C(F)(F)F)cnc2[nH]1. The van der Waals surface area contributed by atoms with E-state index in [1.54, 1.807) is 32.4 Å². The summed E-state index contributed by atoms with van der Waals surface area (Å²) in [4.78, 5) is 23.6. The van der Waals surface area contributed by atoms with Gasteiger partial charge in [0.25, 0.3) is 5.91 Å². The van der Waals surface area contributed by atoms with Crippen LogP contribution in [-0.2, 0) is 17.5 Å². The van der Waals surface area contributed by atoms with Crippen molar-refractivity contribution in [3.8, 4) is 28.5 Å². The number of hydrogen-bond donors (Lipinski definition) is 1. The van der Waals surface area contributed by atoms with Crippen molar-refractivity contribution in [1.82, 2.24) is 14.9 Å². The van der Waals surface area contributed by atoms with Crippen LogP contribution in [0.25, 0.3) is 22.3 Å². The summed E-state index contributed by atoms with van der Waals surface area (Å²) in [6.07, 6.45) is -3.99. The van der Waals surface area contributed by atoms with Crippen molar-refractivity contribution in [2.45, 2.75) is 12.7 Å². The number of nitrogens with zero attached hydrogens (tertiary/aromatic N) is 3. The lowest BCUT2D eigenvalue weighted by atomic mass is 10.1. The highest BCUT2D eigenvalue weighted by Gasteiger charge is 2.38. The predicted molar refractivity (Wildman–Crippen MR) is 138 cm³/mol. The summed E-state index contributed by atoms with van der Waals surface area (Å²) in [6, 6.07) is 12.2. The first-order valence-corrected chi connectivity index (χ1v) is 12.4. The Morgan fingerprint density at radius 2 is 1.87 bits per heavy atom. The molecule has 1 amide bonds. The smallest absolute Gasteiger partial charge is 0.421 e. The first kappa shape index (κ1) is 25.1. The summed E-state index contributed by atoms with van der Waals surface area (Å²) < 4.78 is 59.4. The molecule has 1 saturated heterocycles. The number of fused-ring (bicyclic) bond motifs is 2. The van der Waals surface area contributed by atoms with Gasteiger partial charge < -0.3 is 29.0 Å². The van der Waals surface area contributed by atoms with Gasteiger partial charge in [0.1, 0.15) is 22.7 Å². The molecule has 0 aliphatic carbocycles. The topological polar surface area (TPSA) is 79.9 Å². The normalized spacial score (nSPS) is 15.7. The molecule has 11 heteroatoms. The van der Waals surface area contributed by atoms with Gasteiger partial charge in [0.2, 0.25) is 0 Å². The van der Waals surface area contributed by atoms with Gasteiger partial charge in [0.15, 0.2) is 5.75 Å². The monoisotopic (exact) mass is 538 g/mol. The predicted octanol–water partition coefficient (Wildman–Crippen LogP) is 5.47. The van der Waals surface area contributed by atoms with Crippen LogP contribution in [0.3, 0.4) is 0 Å². The summed E-state index contributed by atoms with van der Waals surface area (Å²) in [5.41, 5.74) is 2.26. The maximum absolute atomic E-state index is 14.1. The van der Waals surface area contributed by atoms with E-state index in [1.165, 1.54) is 11.0 Å². The lowest BCUT2D eigenvalue weighted by Gasteiger charge is -2.29. The average molecular weight is 539 g/mol. The van der Waals surface area contributed by atoms with Gasteiger partial charge in [0, 0.05) is 50.2 Å². The van der Waals surface area contributed by atoms with E-state index in [-0.39, 0.29) is 28.3 Å². The van der Waals surface area contributed by atoms with Crippen LogP contribution in [0.4, 0.5) is 18.9 Å². The van der Waals surface area contributed by atoms with Gasteiger partial charge in [-0.2, -0.15) is 13.2 Å². The van der Waals surface area contributed by atoms with Gasteiger partial charge >= 0.3 is 6.18 Å². The fourth-order valence-corrected chi connectivity index (χ4v) is 5.09. The average Bonchev–Trinajstić information content (AvgIpc) is 3.49. The molecule has 0 unspecified atom stereocenters. The third kappa shape index (κ3) is 4.42. The summed E-state index contributed by atoms with van der Waals surface area (Å²) >= 11 is 0. The number of anilines is 1. The number of rotatable bonds is 5. The minimum Gasteiger partial charge on any atom is -0.496 e. The third-order valence-electron chi connectivity index (χ3n) is 7.06. The number of benzene rings is 2. The van der Waals surface area contributed by atoms with E-state index in [4.69, 9.17) is 14.2 Å². The van der Waals surface area contributed by atoms with E-state index in [1.807, 2.05) is 18.2 Å². The molecule has 6 rings (SSSR count). The zero-order valence-electron chi connectivity index (χ0n) is 21.3. The molecule has 39 heavy (non-hydrogen) atoms. The first-order valence-electron chi connectivity index (χ1n) is 12.4. The molecule has 4 aromatic rings. The van der Waals surface area contributed by atoms with Crippen molar-refractivity contribution in [2.75, 3.05) is 45.4 Å². The van der Waals surface area contributed by atoms with Crippen LogP contribution in [0.2, 0.25) is 0 Å². The van der Waals surface area contributed by atoms with E-state index >= 15 is 0 Å². The van der Waals surface area contributed by atoms with E-state index in [2.05, 4.69) is 14.9 Å². The van der Waals surface area contributed by atoms with E-state index in [0.29, 0.717) is 42.3 Å². The number of pyridine rings is 1. The molecule has 0 radical (unpaired) electrons. The summed E-state index contributed by atoms with van der Waals surface area (Å²) in [6.45, 7) is 3.13.